The molecule has 7 rings (SSSR count). The normalized spacial score (nSPS) is 16.5. The number of piperazine rings is 1. The van der Waals surface area contributed by atoms with E-state index < -0.39 is 6.09 Å². The van der Waals surface area contributed by atoms with Crippen molar-refractivity contribution in [1.82, 2.24) is 34.4 Å². The Bertz CT molecular complexity index is 1750. The third-order valence-corrected chi connectivity index (χ3v) is 6.99. The lowest BCUT2D eigenvalue weighted by Crippen LogP contribution is -2.56. The number of nitrogens with zero attached hydrogens (tertiary/aromatic N) is 8. The van der Waals surface area contributed by atoms with Crippen LogP contribution in [0, 0.1) is 0 Å². The molecule has 5 aromatic rings. The number of pyridine rings is 2. The molecule has 0 unspecified atom stereocenters. The zero-order valence-corrected chi connectivity index (χ0v) is 21.0. The maximum absolute atomic E-state index is 11.6. The summed E-state index contributed by atoms with van der Waals surface area (Å²) < 4.78 is 13.6. The highest BCUT2D eigenvalue weighted by Gasteiger charge is 2.35. The number of nitrogens with one attached hydrogen (secondary N) is 1. The van der Waals surface area contributed by atoms with Crippen LogP contribution in [0.1, 0.15) is 0 Å². The van der Waals surface area contributed by atoms with Gasteiger partial charge in [-0.2, -0.15) is 5.10 Å². The molecule has 1 saturated heterocycles. The van der Waals surface area contributed by atoms with Gasteiger partial charge in [0, 0.05) is 43.7 Å². The molecule has 13 nitrogen and oxygen atoms in total. The second-order valence-corrected chi connectivity index (χ2v) is 9.49. The number of fused-ring (bicyclic) bond motifs is 6. The summed E-state index contributed by atoms with van der Waals surface area (Å²) in [7, 11) is 0. The molecule has 14 heteroatoms. The van der Waals surface area contributed by atoms with Gasteiger partial charge in [0.05, 0.1) is 16.6 Å². The standard InChI is InChI=1S/C25H20ClN9O4/c26-17-7-14(1-2-19(17)39-16-3-4-35-21(8-16)28-13-30-35)31-23-22-18(27-12-29-23)9-20-24(32-22)33-5-6-34(25(36)37)15(10-33)11-38-20/h1-4,7-9,12-13,15H,5-6,10-11H2,(H,36,37)(H,27,29,31)/t15-/m0/s1. The topological polar surface area (TPSA) is 143 Å². The van der Waals surface area contributed by atoms with Crippen molar-refractivity contribution in [3.05, 3.63) is 60.3 Å². The lowest BCUT2D eigenvalue weighted by Gasteiger charge is -2.37. The summed E-state index contributed by atoms with van der Waals surface area (Å²) in [5.41, 5.74) is 2.49. The first kappa shape index (κ1) is 23.2. The van der Waals surface area contributed by atoms with Crippen molar-refractivity contribution in [3.63, 3.8) is 0 Å². The molecular weight excluding hydrogens is 526 g/mol. The second kappa shape index (κ2) is 9.13. The Morgan fingerprint density at radius 3 is 2.92 bits per heavy atom. The van der Waals surface area contributed by atoms with Gasteiger partial charge < -0.3 is 24.8 Å². The van der Waals surface area contributed by atoms with E-state index in [1.54, 1.807) is 35.0 Å². The second-order valence-electron chi connectivity index (χ2n) is 9.08. The molecule has 1 atom stereocenters. The summed E-state index contributed by atoms with van der Waals surface area (Å²) in [5.74, 6) is 2.76. The number of hydrogen-bond donors (Lipinski definition) is 2. The highest BCUT2D eigenvalue weighted by Crippen LogP contribution is 2.37. The van der Waals surface area contributed by atoms with Crippen molar-refractivity contribution in [2.24, 2.45) is 0 Å². The number of ether oxygens (including phenoxy) is 2. The summed E-state index contributed by atoms with van der Waals surface area (Å²) >= 11 is 6.55. The van der Waals surface area contributed by atoms with Crippen molar-refractivity contribution in [3.8, 4) is 17.2 Å². The zero-order chi connectivity index (χ0) is 26.5. The molecule has 2 aliphatic heterocycles. The first-order valence-electron chi connectivity index (χ1n) is 12.1. The Morgan fingerprint density at radius 2 is 2.05 bits per heavy atom. The lowest BCUT2D eigenvalue weighted by atomic mass is 10.2. The van der Waals surface area contributed by atoms with E-state index in [1.807, 2.05) is 17.0 Å². The van der Waals surface area contributed by atoms with E-state index in [2.05, 4.69) is 25.4 Å². The average molecular weight is 546 g/mol. The van der Waals surface area contributed by atoms with Gasteiger partial charge in [-0.25, -0.2) is 29.2 Å². The first-order chi connectivity index (χ1) is 19.0. The largest absolute Gasteiger partial charge is 0.487 e. The van der Waals surface area contributed by atoms with Gasteiger partial charge in [-0.05, 0) is 24.3 Å². The minimum Gasteiger partial charge on any atom is -0.487 e. The number of anilines is 3. The van der Waals surface area contributed by atoms with Gasteiger partial charge in [0.15, 0.2) is 23.0 Å². The minimum absolute atomic E-state index is 0.249. The van der Waals surface area contributed by atoms with Gasteiger partial charge in [-0.15, -0.1) is 0 Å². The van der Waals surface area contributed by atoms with Crippen molar-refractivity contribution >= 4 is 51.7 Å². The van der Waals surface area contributed by atoms with Gasteiger partial charge in [0.2, 0.25) is 0 Å². The van der Waals surface area contributed by atoms with E-state index in [9.17, 15) is 9.90 Å². The van der Waals surface area contributed by atoms with Crippen molar-refractivity contribution in [2.45, 2.75) is 6.04 Å². The SMILES string of the molecule is O=C(O)N1CCN2C[C@H]1COc1cc3ncnc(Nc4ccc(Oc5ccn6ncnc6c5)c(Cl)c4)c3nc12. The molecule has 2 N–H and O–H groups in total. The van der Waals surface area contributed by atoms with Crippen LogP contribution in [0.2, 0.25) is 5.02 Å². The molecule has 6 heterocycles. The zero-order valence-electron chi connectivity index (χ0n) is 20.2. The lowest BCUT2D eigenvalue weighted by molar-refractivity contribution is 0.101. The number of aromatic nitrogens is 6. The van der Waals surface area contributed by atoms with Gasteiger partial charge in [0.1, 0.15) is 36.3 Å². The minimum atomic E-state index is -0.948. The molecule has 2 aliphatic rings. The first-order valence-corrected chi connectivity index (χ1v) is 12.5. The summed E-state index contributed by atoms with van der Waals surface area (Å²) in [4.78, 5) is 32.9. The molecule has 196 valence electrons. The van der Waals surface area contributed by atoms with Crippen LogP contribution in [0.5, 0.6) is 17.2 Å². The fraction of sp³-hybridized carbons (Fsp3) is 0.200. The molecule has 1 aromatic carbocycles. The quantitative estimate of drug-likeness (QED) is 0.340. The van der Waals surface area contributed by atoms with Gasteiger partial charge in [-0.1, -0.05) is 11.6 Å². The maximum Gasteiger partial charge on any atom is 0.407 e. The molecule has 39 heavy (non-hydrogen) atoms. The molecule has 0 radical (unpaired) electrons. The maximum atomic E-state index is 11.6. The van der Waals surface area contributed by atoms with Crippen LogP contribution in [-0.4, -0.2) is 77.9 Å². The van der Waals surface area contributed by atoms with Crippen LogP contribution in [-0.2, 0) is 0 Å². The number of carboxylic acid groups (broad SMARTS) is 1. The Balaban J connectivity index is 1.16. The van der Waals surface area contributed by atoms with Crippen LogP contribution < -0.4 is 19.7 Å². The Hall–Kier alpha value is -4.91. The van der Waals surface area contributed by atoms with E-state index in [4.69, 9.17) is 26.1 Å². The molecule has 0 saturated carbocycles. The van der Waals surface area contributed by atoms with Gasteiger partial charge in [-0.3, -0.25) is 4.90 Å². The summed E-state index contributed by atoms with van der Waals surface area (Å²) in [6.45, 7) is 1.63. The van der Waals surface area contributed by atoms with E-state index in [0.717, 1.165) is 0 Å². The van der Waals surface area contributed by atoms with Crippen molar-refractivity contribution in [2.75, 3.05) is 36.5 Å². The predicted molar refractivity (Wildman–Crippen MR) is 141 cm³/mol. The molecule has 2 bridgehead atoms. The molecule has 0 spiro atoms. The van der Waals surface area contributed by atoms with Crippen molar-refractivity contribution < 1.29 is 19.4 Å². The predicted octanol–water partition coefficient (Wildman–Crippen LogP) is 3.82. The third kappa shape index (κ3) is 4.22. The van der Waals surface area contributed by atoms with E-state index in [0.29, 0.717) is 75.9 Å². The molecule has 4 aromatic heterocycles. The molecule has 1 fully saturated rings. The number of carbonyl (C=O) groups is 1. The highest BCUT2D eigenvalue weighted by molar-refractivity contribution is 6.32. The average Bonchev–Trinajstić information content (AvgIpc) is 3.36. The number of benzene rings is 1. The molecule has 1 amide bonds. The Morgan fingerprint density at radius 1 is 1.13 bits per heavy atom. The number of hydrogen-bond acceptors (Lipinski definition) is 10. The van der Waals surface area contributed by atoms with Gasteiger partial charge in [0.25, 0.3) is 0 Å². The van der Waals surface area contributed by atoms with Crippen molar-refractivity contribution in [1.29, 1.82) is 0 Å². The van der Waals surface area contributed by atoms with Crippen LogP contribution >= 0.6 is 11.6 Å². The monoisotopic (exact) mass is 545 g/mol. The van der Waals surface area contributed by atoms with E-state index in [-0.39, 0.29) is 12.6 Å². The van der Waals surface area contributed by atoms with Crippen LogP contribution in [0.4, 0.5) is 22.1 Å². The summed E-state index contributed by atoms with van der Waals surface area (Å²) in [6, 6.07) is 10.4. The van der Waals surface area contributed by atoms with Crippen LogP contribution in [0.25, 0.3) is 16.7 Å². The van der Waals surface area contributed by atoms with Crippen LogP contribution in [0.15, 0.2) is 55.2 Å². The fourth-order valence-corrected chi connectivity index (χ4v) is 5.01. The third-order valence-electron chi connectivity index (χ3n) is 6.69. The summed E-state index contributed by atoms with van der Waals surface area (Å²) in [5, 5.41) is 17.3. The van der Waals surface area contributed by atoms with Crippen LogP contribution in [0.3, 0.4) is 0 Å². The molecule has 0 aliphatic carbocycles. The Labute approximate surface area is 225 Å². The number of amides is 1. The smallest absolute Gasteiger partial charge is 0.407 e. The highest BCUT2D eigenvalue weighted by atomic mass is 35.5. The molecular formula is C25H20ClN9O4. The number of rotatable bonds is 4. The fourth-order valence-electron chi connectivity index (χ4n) is 4.80. The summed E-state index contributed by atoms with van der Waals surface area (Å²) in [6.07, 6.45) is 3.72. The Kier molecular flexibility index (Phi) is 5.44. The van der Waals surface area contributed by atoms with E-state index >= 15 is 0 Å². The van der Waals surface area contributed by atoms with E-state index in [1.165, 1.54) is 17.6 Å². The number of halogens is 1. The van der Waals surface area contributed by atoms with Gasteiger partial charge >= 0.3 is 6.09 Å².